The van der Waals surface area contributed by atoms with Crippen molar-refractivity contribution in [2.75, 3.05) is 26.4 Å². The van der Waals surface area contributed by atoms with Crippen molar-refractivity contribution in [3.63, 3.8) is 0 Å². The van der Waals surface area contributed by atoms with Gasteiger partial charge in [0.05, 0.1) is 13.2 Å². The van der Waals surface area contributed by atoms with E-state index in [-0.39, 0.29) is 32.6 Å². The second kappa shape index (κ2) is 38.4. The third-order valence-corrected chi connectivity index (χ3v) is 9.15. The molecule has 0 aliphatic carbocycles. The predicted octanol–water partition coefficient (Wildman–Crippen LogP) is 11.3. The molecule has 0 aromatic rings. The summed E-state index contributed by atoms with van der Waals surface area (Å²) >= 11 is 0. The molecule has 0 fully saturated rings. The van der Waals surface area contributed by atoms with Gasteiger partial charge < -0.3 is 20.1 Å². The Kier molecular flexibility index (Phi) is 36.7. The van der Waals surface area contributed by atoms with Crippen molar-refractivity contribution < 1.29 is 37.6 Å². The van der Waals surface area contributed by atoms with E-state index < -0.39 is 32.5 Å². The van der Waals surface area contributed by atoms with E-state index in [9.17, 15) is 19.0 Å². The van der Waals surface area contributed by atoms with Gasteiger partial charge in [0, 0.05) is 19.4 Å². The highest BCUT2D eigenvalue weighted by Gasteiger charge is 2.25. The quantitative estimate of drug-likeness (QED) is 0.0275. The molecular weight excluding hydrogens is 677 g/mol. The van der Waals surface area contributed by atoms with Crippen LogP contribution in [0.1, 0.15) is 162 Å². The topological polar surface area (TPSA) is 134 Å². The lowest BCUT2D eigenvalue weighted by Gasteiger charge is -2.19. The van der Waals surface area contributed by atoms with E-state index in [2.05, 4.69) is 68.5 Å². The number of ether oxygens (including phenoxy) is 2. The van der Waals surface area contributed by atoms with Crippen LogP contribution >= 0.6 is 7.82 Å². The highest BCUT2D eigenvalue weighted by molar-refractivity contribution is 7.47. The largest absolute Gasteiger partial charge is 0.472 e. The minimum Gasteiger partial charge on any atom is -0.462 e. The zero-order valence-electron chi connectivity index (χ0n) is 32.8. The van der Waals surface area contributed by atoms with Gasteiger partial charge in [0.2, 0.25) is 0 Å². The van der Waals surface area contributed by atoms with Crippen LogP contribution in [0.3, 0.4) is 0 Å². The predicted molar refractivity (Wildman–Crippen MR) is 215 cm³/mol. The molecule has 0 rings (SSSR count). The van der Waals surface area contributed by atoms with E-state index in [1.165, 1.54) is 70.6 Å². The highest BCUT2D eigenvalue weighted by atomic mass is 31.2. The molecule has 0 spiro atoms. The van der Waals surface area contributed by atoms with Crippen molar-refractivity contribution >= 4 is 19.8 Å². The number of esters is 2. The van der Waals surface area contributed by atoms with Gasteiger partial charge in [-0.05, 0) is 51.4 Å². The van der Waals surface area contributed by atoms with Crippen LogP contribution < -0.4 is 5.73 Å². The van der Waals surface area contributed by atoms with Crippen LogP contribution in [0.2, 0.25) is 0 Å². The molecule has 0 saturated carbocycles. The van der Waals surface area contributed by atoms with Crippen molar-refractivity contribution in [2.45, 2.75) is 168 Å². The van der Waals surface area contributed by atoms with E-state index in [4.69, 9.17) is 24.3 Å². The zero-order chi connectivity index (χ0) is 38.2. The summed E-state index contributed by atoms with van der Waals surface area (Å²) in [6.45, 7) is 3.54. The number of carbonyl (C=O) groups is 2. The third kappa shape index (κ3) is 37.5. The molecule has 9 nitrogen and oxygen atoms in total. The first-order valence-electron chi connectivity index (χ1n) is 20.3. The Morgan fingerprint density at radius 2 is 1.06 bits per heavy atom. The molecule has 0 saturated heterocycles. The molecule has 0 amide bonds. The summed E-state index contributed by atoms with van der Waals surface area (Å²) in [6.07, 6.45) is 44.0. The van der Waals surface area contributed by atoms with Crippen molar-refractivity contribution in [1.29, 1.82) is 0 Å². The Labute approximate surface area is 317 Å². The Morgan fingerprint density at radius 1 is 0.596 bits per heavy atom. The van der Waals surface area contributed by atoms with Crippen LogP contribution in [-0.4, -0.2) is 49.3 Å². The maximum absolute atomic E-state index is 12.5. The van der Waals surface area contributed by atoms with Gasteiger partial charge in [-0.25, -0.2) is 4.57 Å². The Hall–Kier alpha value is -2.29. The molecule has 0 aliphatic rings. The lowest BCUT2D eigenvalue weighted by atomic mass is 10.0. The van der Waals surface area contributed by atoms with Gasteiger partial charge in [-0.15, -0.1) is 0 Å². The molecule has 300 valence electrons. The van der Waals surface area contributed by atoms with Crippen molar-refractivity contribution in [1.82, 2.24) is 0 Å². The summed E-state index contributed by atoms with van der Waals surface area (Å²) in [6, 6.07) is 0. The first kappa shape index (κ1) is 49.7. The van der Waals surface area contributed by atoms with Crippen LogP contribution in [0.5, 0.6) is 0 Å². The molecule has 1 unspecified atom stereocenters. The summed E-state index contributed by atoms with van der Waals surface area (Å²) in [5.41, 5.74) is 5.33. The van der Waals surface area contributed by atoms with Gasteiger partial charge in [0.25, 0.3) is 0 Å². The van der Waals surface area contributed by atoms with Crippen LogP contribution in [0.4, 0.5) is 0 Å². The normalized spacial score (nSPS) is 14.0. The molecule has 0 bridgehead atoms. The monoisotopic (exact) mass is 752 g/mol. The van der Waals surface area contributed by atoms with Crippen LogP contribution in [0, 0.1) is 0 Å². The van der Waals surface area contributed by atoms with E-state index in [1.807, 2.05) is 6.08 Å². The maximum Gasteiger partial charge on any atom is 0.472 e. The fourth-order valence-corrected chi connectivity index (χ4v) is 5.96. The van der Waals surface area contributed by atoms with Gasteiger partial charge in [0.15, 0.2) is 6.10 Å². The number of rotatable bonds is 37. The summed E-state index contributed by atoms with van der Waals surface area (Å²) in [5.74, 6) is -0.899. The molecular formula is C42H74NO8P. The second-order valence-electron chi connectivity index (χ2n) is 13.1. The van der Waals surface area contributed by atoms with Gasteiger partial charge in [-0.3, -0.25) is 18.6 Å². The smallest absolute Gasteiger partial charge is 0.462 e. The molecule has 3 N–H and O–H groups in total. The number of carbonyl (C=O) groups excluding carboxylic acids is 2. The van der Waals surface area contributed by atoms with Crippen molar-refractivity contribution in [2.24, 2.45) is 5.73 Å². The lowest BCUT2D eigenvalue weighted by molar-refractivity contribution is -0.161. The van der Waals surface area contributed by atoms with Gasteiger partial charge >= 0.3 is 19.8 Å². The zero-order valence-corrected chi connectivity index (χ0v) is 33.7. The Morgan fingerprint density at radius 3 is 1.56 bits per heavy atom. The summed E-state index contributed by atoms with van der Waals surface area (Å²) < 4.78 is 32.6. The summed E-state index contributed by atoms with van der Waals surface area (Å²) in [7, 11) is -4.39. The highest BCUT2D eigenvalue weighted by Crippen LogP contribution is 2.43. The Balaban J connectivity index is 4.30. The minimum atomic E-state index is -4.39. The molecule has 2 atom stereocenters. The van der Waals surface area contributed by atoms with Gasteiger partial charge in [-0.1, -0.05) is 158 Å². The van der Waals surface area contributed by atoms with Crippen LogP contribution in [-0.2, 0) is 32.7 Å². The lowest BCUT2D eigenvalue weighted by Crippen LogP contribution is -2.29. The number of phosphoric ester groups is 1. The minimum absolute atomic E-state index is 0.0427. The van der Waals surface area contributed by atoms with E-state index in [1.54, 1.807) is 0 Å². The first-order valence-corrected chi connectivity index (χ1v) is 21.8. The fourth-order valence-electron chi connectivity index (χ4n) is 5.20. The van der Waals surface area contributed by atoms with E-state index in [0.29, 0.717) is 12.8 Å². The SMILES string of the molecule is CC/C=C/C/C=C/C/C=C/C/C=C/C/C=C/CCCC(=O)O[C@H](COC(=O)CCCCCCCCCCCCCCCC)COP(=O)(O)OCCN. The van der Waals surface area contributed by atoms with Crippen molar-refractivity contribution in [3.8, 4) is 0 Å². The Bertz CT molecular complexity index is 1040. The molecule has 0 aliphatic heterocycles. The number of nitrogens with two attached hydrogens (primary N) is 1. The van der Waals surface area contributed by atoms with Crippen LogP contribution in [0.25, 0.3) is 0 Å². The number of hydrogen-bond acceptors (Lipinski definition) is 8. The number of hydrogen-bond donors (Lipinski definition) is 2. The summed E-state index contributed by atoms with van der Waals surface area (Å²) in [5, 5.41) is 0. The molecule has 10 heteroatoms. The first-order chi connectivity index (χ1) is 25.3. The molecule has 0 aromatic heterocycles. The maximum atomic E-state index is 12.5. The number of phosphoric acid groups is 1. The molecule has 0 radical (unpaired) electrons. The van der Waals surface area contributed by atoms with Gasteiger partial charge in [-0.2, -0.15) is 0 Å². The molecule has 0 heterocycles. The third-order valence-electron chi connectivity index (χ3n) is 8.17. The van der Waals surface area contributed by atoms with Crippen LogP contribution in [0.15, 0.2) is 60.8 Å². The number of allylic oxidation sites excluding steroid dienone is 10. The van der Waals surface area contributed by atoms with Gasteiger partial charge in [0.1, 0.15) is 6.61 Å². The second-order valence-corrected chi connectivity index (χ2v) is 14.6. The average Bonchev–Trinajstić information content (AvgIpc) is 3.13. The van der Waals surface area contributed by atoms with E-state index >= 15 is 0 Å². The molecule has 0 aromatic carbocycles. The summed E-state index contributed by atoms with van der Waals surface area (Å²) in [4.78, 5) is 34.8. The fraction of sp³-hybridized carbons (Fsp3) is 0.714. The molecule has 52 heavy (non-hydrogen) atoms. The average molecular weight is 752 g/mol. The standard InChI is InChI=1S/C42H74NO8P/c1-3-5-7-9-11-13-15-17-19-20-21-23-25-27-29-31-33-35-42(45)51-40(39-50-52(46,47)49-37-36-43)38-48-41(44)34-32-30-28-26-24-22-18-16-14-12-10-8-6-4-2/h5,7,11,13,17,19,21,23,27,29,40H,3-4,6,8-10,12,14-16,18,20,22,24-26,28,30-39,43H2,1-2H3,(H,46,47)/b7-5+,13-11+,19-17+,23-21+,29-27+/t40-/m1/s1. The van der Waals surface area contributed by atoms with E-state index in [0.717, 1.165) is 51.4 Å². The van der Waals surface area contributed by atoms with Crippen molar-refractivity contribution in [3.05, 3.63) is 60.8 Å². The number of unbranched alkanes of at least 4 members (excludes halogenated alkanes) is 14.